The van der Waals surface area contributed by atoms with Crippen molar-refractivity contribution >= 4 is 17.9 Å². The molecule has 4 heteroatoms. The minimum atomic E-state index is -0.927. The monoisotopic (exact) mass is 325 g/mol. The molecule has 0 bridgehead atoms. The molecule has 2 aromatic carbocycles. The second-order valence-electron chi connectivity index (χ2n) is 5.59. The smallest absolute Gasteiger partial charge is 0.335 e. The number of carbonyl (C=O) groups is 1. The summed E-state index contributed by atoms with van der Waals surface area (Å²) in [5.74, 6) is -0.0694. The fourth-order valence-corrected chi connectivity index (χ4v) is 2.21. The minimum absolute atomic E-state index is 0.271. The van der Waals surface area contributed by atoms with E-state index in [1.165, 1.54) is 19.3 Å². The summed E-state index contributed by atoms with van der Waals surface area (Å²) in [4.78, 5) is 15.2. The molecule has 0 heterocycles. The highest BCUT2D eigenvalue weighted by Crippen LogP contribution is 2.18. The molecular formula is C20H23NO3. The molecule has 1 N–H and O–H groups in total. The van der Waals surface area contributed by atoms with Gasteiger partial charge in [-0.3, -0.25) is 4.99 Å². The Kier molecular flexibility index (Phi) is 7.02. The molecule has 0 saturated heterocycles. The number of rotatable bonds is 9. The summed E-state index contributed by atoms with van der Waals surface area (Å²) >= 11 is 0. The maximum Gasteiger partial charge on any atom is 0.335 e. The summed E-state index contributed by atoms with van der Waals surface area (Å²) < 4.78 is 5.70. The second-order valence-corrected chi connectivity index (χ2v) is 5.59. The molecule has 0 aliphatic rings. The number of carboxylic acid groups (broad SMARTS) is 1. The molecule has 0 aromatic heterocycles. The van der Waals surface area contributed by atoms with Gasteiger partial charge in [0.05, 0.1) is 17.9 Å². The number of hydrogen-bond acceptors (Lipinski definition) is 3. The summed E-state index contributed by atoms with van der Waals surface area (Å²) in [7, 11) is 0. The van der Waals surface area contributed by atoms with E-state index in [-0.39, 0.29) is 5.56 Å². The predicted molar refractivity (Wildman–Crippen MR) is 96.7 cm³/mol. The van der Waals surface area contributed by atoms with Crippen LogP contribution in [0, 0.1) is 0 Å². The number of hydrogen-bond donors (Lipinski definition) is 1. The van der Waals surface area contributed by atoms with E-state index in [1.54, 1.807) is 30.5 Å². The quantitative estimate of drug-likeness (QED) is 0.516. The summed E-state index contributed by atoms with van der Waals surface area (Å²) in [6, 6.07) is 14.3. The number of aromatic carboxylic acids is 1. The highest BCUT2D eigenvalue weighted by Gasteiger charge is 2.00. The van der Waals surface area contributed by atoms with Crippen molar-refractivity contribution in [1.29, 1.82) is 0 Å². The van der Waals surface area contributed by atoms with Crippen molar-refractivity contribution in [3.8, 4) is 5.75 Å². The molecule has 24 heavy (non-hydrogen) atoms. The van der Waals surface area contributed by atoms with Gasteiger partial charge in [0.15, 0.2) is 0 Å². The lowest BCUT2D eigenvalue weighted by Gasteiger charge is -2.05. The van der Waals surface area contributed by atoms with E-state index in [4.69, 9.17) is 9.84 Å². The number of nitrogens with zero attached hydrogens (tertiary/aromatic N) is 1. The Hall–Kier alpha value is -2.62. The largest absolute Gasteiger partial charge is 0.494 e. The van der Waals surface area contributed by atoms with Crippen molar-refractivity contribution in [1.82, 2.24) is 0 Å². The van der Waals surface area contributed by atoms with Gasteiger partial charge in [0.2, 0.25) is 0 Å². The molecule has 0 fully saturated rings. The van der Waals surface area contributed by atoms with Gasteiger partial charge in [-0.2, -0.15) is 0 Å². The lowest BCUT2D eigenvalue weighted by molar-refractivity contribution is 0.0697. The lowest BCUT2D eigenvalue weighted by Crippen LogP contribution is -1.96. The first-order valence-corrected chi connectivity index (χ1v) is 8.29. The Bertz CT molecular complexity index is 660. The van der Waals surface area contributed by atoms with Gasteiger partial charge in [-0.05, 0) is 48.4 Å². The topological polar surface area (TPSA) is 58.9 Å². The maximum atomic E-state index is 10.8. The molecule has 0 amide bonds. The van der Waals surface area contributed by atoms with Crippen LogP contribution >= 0.6 is 0 Å². The summed E-state index contributed by atoms with van der Waals surface area (Å²) in [5, 5.41) is 8.87. The Labute approximate surface area is 142 Å². The molecule has 4 nitrogen and oxygen atoms in total. The third-order valence-corrected chi connectivity index (χ3v) is 3.62. The molecule has 2 aromatic rings. The summed E-state index contributed by atoms with van der Waals surface area (Å²) in [6.07, 6.45) is 6.49. The zero-order valence-corrected chi connectivity index (χ0v) is 13.9. The molecule has 0 spiro atoms. The first-order valence-electron chi connectivity index (χ1n) is 8.29. The first-order chi connectivity index (χ1) is 11.7. The van der Waals surface area contributed by atoms with Crippen LogP contribution in [-0.2, 0) is 0 Å². The van der Waals surface area contributed by atoms with Gasteiger partial charge >= 0.3 is 5.97 Å². The van der Waals surface area contributed by atoms with E-state index >= 15 is 0 Å². The standard InChI is InChI=1S/C20H23NO3/c1-2-3-4-5-14-24-19-12-10-18(11-13-19)21-15-16-6-8-17(9-7-16)20(22)23/h6-13,15H,2-5,14H2,1H3,(H,22,23). The van der Waals surface area contributed by atoms with Crippen molar-refractivity contribution < 1.29 is 14.6 Å². The third kappa shape index (κ3) is 5.88. The third-order valence-electron chi connectivity index (χ3n) is 3.62. The van der Waals surface area contributed by atoms with Crippen LogP contribution in [0.1, 0.15) is 48.5 Å². The van der Waals surface area contributed by atoms with Crippen LogP contribution in [0.3, 0.4) is 0 Å². The zero-order valence-electron chi connectivity index (χ0n) is 13.9. The van der Waals surface area contributed by atoms with Gasteiger partial charge < -0.3 is 9.84 Å². The van der Waals surface area contributed by atoms with Gasteiger partial charge in [0.1, 0.15) is 5.75 Å². The van der Waals surface area contributed by atoms with Crippen LogP contribution in [0.5, 0.6) is 5.75 Å². The van der Waals surface area contributed by atoms with Gasteiger partial charge in [0.25, 0.3) is 0 Å². The zero-order chi connectivity index (χ0) is 17.2. The van der Waals surface area contributed by atoms with E-state index in [9.17, 15) is 4.79 Å². The van der Waals surface area contributed by atoms with Crippen LogP contribution in [0.2, 0.25) is 0 Å². The van der Waals surface area contributed by atoms with Gasteiger partial charge in [-0.1, -0.05) is 38.3 Å². The molecule has 0 atom stereocenters. The fourth-order valence-electron chi connectivity index (χ4n) is 2.21. The predicted octanol–water partition coefficient (Wildman–Crippen LogP) is 5.09. The average molecular weight is 325 g/mol. The van der Waals surface area contributed by atoms with Crippen molar-refractivity contribution in [3.63, 3.8) is 0 Å². The average Bonchev–Trinajstić information content (AvgIpc) is 2.61. The van der Waals surface area contributed by atoms with Gasteiger partial charge in [0, 0.05) is 6.21 Å². The highest BCUT2D eigenvalue weighted by atomic mass is 16.5. The number of aliphatic imine (C=N–C) groups is 1. The highest BCUT2D eigenvalue weighted by molar-refractivity contribution is 5.89. The Balaban J connectivity index is 1.85. The van der Waals surface area contributed by atoms with Crippen LogP contribution in [0.4, 0.5) is 5.69 Å². The number of ether oxygens (including phenoxy) is 1. The number of unbranched alkanes of at least 4 members (excludes halogenated alkanes) is 3. The Morgan fingerprint density at radius 3 is 2.38 bits per heavy atom. The van der Waals surface area contributed by atoms with Crippen LogP contribution < -0.4 is 4.74 Å². The molecule has 2 rings (SSSR count). The van der Waals surface area contributed by atoms with Crippen LogP contribution in [0.25, 0.3) is 0 Å². The summed E-state index contributed by atoms with van der Waals surface area (Å²) in [6.45, 7) is 2.94. The molecule has 0 radical (unpaired) electrons. The minimum Gasteiger partial charge on any atom is -0.494 e. The van der Waals surface area contributed by atoms with Gasteiger partial charge in [-0.25, -0.2) is 4.79 Å². The lowest BCUT2D eigenvalue weighted by atomic mass is 10.1. The maximum absolute atomic E-state index is 10.8. The second kappa shape index (κ2) is 9.50. The SMILES string of the molecule is CCCCCCOc1ccc(N=Cc2ccc(C(=O)O)cc2)cc1. The van der Waals surface area contributed by atoms with Crippen molar-refractivity contribution in [2.24, 2.45) is 4.99 Å². The number of benzene rings is 2. The molecular weight excluding hydrogens is 302 g/mol. The Morgan fingerprint density at radius 2 is 1.75 bits per heavy atom. The molecule has 0 aliphatic carbocycles. The first kappa shape index (κ1) is 17.7. The Morgan fingerprint density at radius 1 is 1.04 bits per heavy atom. The van der Waals surface area contributed by atoms with E-state index in [1.807, 2.05) is 24.3 Å². The van der Waals surface area contributed by atoms with Crippen LogP contribution in [-0.4, -0.2) is 23.9 Å². The van der Waals surface area contributed by atoms with E-state index in [2.05, 4.69) is 11.9 Å². The molecule has 0 unspecified atom stereocenters. The number of carboxylic acids is 1. The van der Waals surface area contributed by atoms with Gasteiger partial charge in [-0.15, -0.1) is 0 Å². The fraction of sp³-hybridized carbons (Fsp3) is 0.300. The molecule has 0 saturated carbocycles. The normalized spacial score (nSPS) is 10.9. The van der Waals surface area contributed by atoms with Crippen molar-refractivity contribution in [3.05, 3.63) is 59.7 Å². The van der Waals surface area contributed by atoms with Crippen LogP contribution in [0.15, 0.2) is 53.5 Å². The van der Waals surface area contributed by atoms with E-state index in [0.29, 0.717) is 0 Å². The molecule has 126 valence electrons. The molecule has 0 aliphatic heterocycles. The van der Waals surface area contributed by atoms with Crippen molar-refractivity contribution in [2.75, 3.05) is 6.61 Å². The summed E-state index contributed by atoms with van der Waals surface area (Å²) in [5.41, 5.74) is 1.96. The van der Waals surface area contributed by atoms with E-state index in [0.717, 1.165) is 30.0 Å². The van der Waals surface area contributed by atoms with E-state index < -0.39 is 5.97 Å². The van der Waals surface area contributed by atoms with Crippen molar-refractivity contribution in [2.45, 2.75) is 32.6 Å².